The largest absolute Gasteiger partial charge is 0.460 e. The molecule has 0 aliphatic carbocycles. The maximum absolute atomic E-state index is 10.6. The van der Waals surface area contributed by atoms with E-state index < -0.39 is 5.97 Å². The summed E-state index contributed by atoms with van der Waals surface area (Å²) in [7, 11) is 0. The molecule has 0 saturated carbocycles. The van der Waals surface area contributed by atoms with E-state index in [0.717, 1.165) is 25.5 Å². The van der Waals surface area contributed by atoms with Crippen LogP contribution in [0.25, 0.3) is 0 Å². The third kappa shape index (κ3) is 4.05. The van der Waals surface area contributed by atoms with Crippen LogP contribution in [0, 0.1) is 0 Å². The summed E-state index contributed by atoms with van der Waals surface area (Å²) in [4.78, 5) is 10.6. The van der Waals surface area contributed by atoms with Crippen LogP contribution in [0.1, 0.15) is 12.8 Å². The van der Waals surface area contributed by atoms with Crippen molar-refractivity contribution in [1.82, 2.24) is 0 Å². The number of rotatable bonds is 5. The van der Waals surface area contributed by atoms with Crippen LogP contribution < -0.4 is 0 Å². The second-order valence-electron chi connectivity index (χ2n) is 2.68. The molecule has 1 atom stereocenters. The summed E-state index contributed by atoms with van der Waals surface area (Å²) in [6, 6.07) is 0. The Kier molecular flexibility index (Phi) is 4.49. The van der Waals surface area contributed by atoms with Gasteiger partial charge in [-0.2, -0.15) is 0 Å². The molecular weight excluding hydrogens is 172 g/mol. The van der Waals surface area contributed by atoms with Crippen LogP contribution in [0.2, 0.25) is 0 Å². The quantitative estimate of drug-likeness (QED) is 0.363. The zero-order valence-corrected chi connectivity index (χ0v) is 7.53. The molecule has 0 bridgehead atoms. The van der Waals surface area contributed by atoms with Crippen LogP contribution >= 0.6 is 0 Å². The summed E-state index contributed by atoms with van der Waals surface area (Å²) in [5, 5.41) is 0. The van der Waals surface area contributed by atoms with Crippen molar-refractivity contribution in [1.29, 1.82) is 0 Å². The van der Waals surface area contributed by atoms with Gasteiger partial charge in [0.25, 0.3) is 0 Å². The Morgan fingerprint density at radius 1 is 1.62 bits per heavy atom. The number of carbonyl (C=O) groups excluding carboxylic acids is 1. The maximum atomic E-state index is 10.6. The highest BCUT2D eigenvalue weighted by molar-refractivity contribution is 5.81. The van der Waals surface area contributed by atoms with Gasteiger partial charge in [0.1, 0.15) is 6.61 Å². The van der Waals surface area contributed by atoms with Gasteiger partial charge in [0, 0.05) is 19.1 Å². The molecule has 74 valence electrons. The van der Waals surface area contributed by atoms with Crippen molar-refractivity contribution in [3.63, 3.8) is 0 Å². The molecular formula is C9H14O4. The minimum absolute atomic E-state index is 0.109. The lowest BCUT2D eigenvalue weighted by molar-refractivity contribution is -0.147. The summed E-state index contributed by atoms with van der Waals surface area (Å²) < 4.78 is 15.2. The molecule has 1 rings (SSSR count). The lowest BCUT2D eigenvalue weighted by Gasteiger charge is -2.10. The second-order valence-corrected chi connectivity index (χ2v) is 2.68. The molecule has 1 unspecified atom stereocenters. The van der Waals surface area contributed by atoms with Gasteiger partial charge in [-0.3, -0.25) is 0 Å². The zero-order chi connectivity index (χ0) is 9.52. The Morgan fingerprint density at radius 3 is 3.08 bits per heavy atom. The van der Waals surface area contributed by atoms with Crippen LogP contribution in [0.15, 0.2) is 12.7 Å². The SMILES string of the molecule is C=CC(=O)OCCOC1CCCO1. The van der Waals surface area contributed by atoms with E-state index in [9.17, 15) is 4.79 Å². The molecule has 4 nitrogen and oxygen atoms in total. The van der Waals surface area contributed by atoms with Crippen molar-refractivity contribution in [3.8, 4) is 0 Å². The van der Waals surface area contributed by atoms with E-state index in [0.29, 0.717) is 6.61 Å². The van der Waals surface area contributed by atoms with Crippen molar-refractivity contribution < 1.29 is 19.0 Å². The molecule has 0 aromatic heterocycles. The zero-order valence-electron chi connectivity index (χ0n) is 7.53. The number of ether oxygens (including phenoxy) is 3. The molecule has 1 saturated heterocycles. The Morgan fingerprint density at radius 2 is 2.46 bits per heavy atom. The average molecular weight is 186 g/mol. The third-order valence-electron chi connectivity index (χ3n) is 1.69. The smallest absolute Gasteiger partial charge is 0.330 e. The summed E-state index contributed by atoms with van der Waals surface area (Å²) in [5.74, 6) is -0.420. The maximum Gasteiger partial charge on any atom is 0.330 e. The number of esters is 1. The van der Waals surface area contributed by atoms with Crippen molar-refractivity contribution in [3.05, 3.63) is 12.7 Å². The molecule has 4 heteroatoms. The molecule has 0 aromatic carbocycles. The summed E-state index contributed by atoms with van der Waals surface area (Å²) in [6.07, 6.45) is 2.99. The molecule has 0 amide bonds. The number of hydrogen-bond acceptors (Lipinski definition) is 4. The summed E-state index contributed by atoms with van der Waals surface area (Å²) in [5.41, 5.74) is 0. The standard InChI is InChI=1S/C9H14O4/c1-2-8(10)11-6-7-13-9-4-3-5-12-9/h2,9H,1,3-7H2. The summed E-state index contributed by atoms with van der Waals surface area (Å²) in [6.45, 7) is 4.67. The van der Waals surface area contributed by atoms with Gasteiger partial charge in [-0.25, -0.2) is 4.79 Å². The highest BCUT2D eigenvalue weighted by Crippen LogP contribution is 2.12. The normalized spacial score (nSPS) is 21.4. The van der Waals surface area contributed by atoms with E-state index in [1.165, 1.54) is 0 Å². The number of carbonyl (C=O) groups is 1. The van der Waals surface area contributed by atoms with E-state index in [4.69, 9.17) is 14.2 Å². The molecule has 0 aromatic rings. The van der Waals surface area contributed by atoms with E-state index in [2.05, 4.69) is 6.58 Å². The summed E-state index contributed by atoms with van der Waals surface area (Å²) >= 11 is 0. The second kappa shape index (κ2) is 5.72. The minimum Gasteiger partial charge on any atom is -0.460 e. The third-order valence-corrected chi connectivity index (χ3v) is 1.69. The topological polar surface area (TPSA) is 44.8 Å². The van der Waals surface area contributed by atoms with Gasteiger partial charge in [-0.1, -0.05) is 6.58 Å². The molecule has 1 aliphatic rings. The Balaban J connectivity index is 1.94. The van der Waals surface area contributed by atoms with E-state index in [1.807, 2.05) is 0 Å². The molecule has 13 heavy (non-hydrogen) atoms. The van der Waals surface area contributed by atoms with Gasteiger partial charge in [0.05, 0.1) is 6.61 Å². The lowest BCUT2D eigenvalue weighted by atomic mass is 10.4. The first-order chi connectivity index (χ1) is 6.33. The van der Waals surface area contributed by atoms with Crippen molar-refractivity contribution in [2.24, 2.45) is 0 Å². The van der Waals surface area contributed by atoms with Crippen LogP contribution in [-0.2, 0) is 19.0 Å². The minimum atomic E-state index is -0.420. The molecule has 1 heterocycles. The monoisotopic (exact) mass is 186 g/mol. The predicted octanol–water partition coefficient (Wildman–Crippen LogP) is 0.869. The molecule has 1 aliphatic heterocycles. The first-order valence-electron chi connectivity index (χ1n) is 4.35. The Hall–Kier alpha value is -0.870. The van der Waals surface area contributed by atoms with E-state index in [1.54, 1.807) is 0 Å². The van der Waals surface area contributed by atoms with Crippen molar-refractivity contribution in [2.75, 3.05) is 19.8 Å². The van der Waals surface area contributed by atoms with Crippen molar-refractivity contribution in [2.45, 2.75) is 19.1 Å². The average Bonchev–Trinajstić information content (AvgIpc) is 2.64. The highest BCUT2D eigenvalue weighted by Gasteiger charge is 2.15. The molecule has 0 radical (unpaired) electrons. The molecule has 0 N–H and O–H groups in total. The highest BCUT2D eigenvalue weighted by atomic mass is 16.7. The molecule has 1 fully saturated rings. The van der Waals surface area contributed by atoms with Crippen LogP contribution in [0.4, 0.5) is 0 Å². The fourth-order valence-electron chi connectivity index (χ4n) is 1.06. The predicted molar refractivity (Wildman–Crippen MR) is 46.1 cm³/mol. The van der Waals surface area contributed by atoms with Crippen LogP contribution in [0.3, 0.4) is 0 Å². The van der Waals surface area contributed by atoms with Crippen LogP contribution in [-0.4, -0.2) is 32.1 Å². The van der Waals surface area contributed by atoms with E-state index >= 15 is 0 Å². The number of hydrogen-bond donors (Lipinski definition) is 0. The van der Waals surface area contributed by atoms with Gasteiger partial charge >= 0.3 is 5.97 Å². The Labute approximate surface area is 77.5 Å². The first-order valence-corrected chi connectivity index (χ1v) is 4.35. The van der Waals surface area contributed by atoms with Gasteiger partial charge in [-0.15, -0.1) is 0 Å². The fourth-order valence-corrected chi connectivity index (χ4v) is 1.06. The van der Waals surface area contributed by atoms with Crippen molar-refractivity contribution >= 4 is 5.97 Å². The molecule has 0 spiro atoms. The Bertz CT molecular complexity index is 172. The lowest BCUT2D eigenvalue weighted by Crippen LogP contribution is -2.15. The van der Waals surface area contributed by atoms with Gasteiger partial charge in [-0.05, 0) is 6.42 Å². The fraction of sp³-hybridized carbons (Fsp3) is 0.667. The van der Waals surface area contributed by atoms with Gasteiger partial charge in [0.2, 0.25) is 0 Å². The van der Waals surface area contributed by atoms with Crippen LogP contribution in [0.5, 0.6) is 0 Å². The van der Waals surface area contributed by atoms with E-state index in [-0.39, 0.29) is 12.9 Å². The first kappa shape index (κ1) is 10.2. The van der Waals surface area contributed by atoms with Gasteiger partial charge < -0.3 is 14.2 Å². The van der Waals surface area contributed by atoms with Gasteiger partial charge in [0.15, 0.2) is 6.29 Å².